The van der Waals surface area contributed by atoms with Crippen molar-refractivity contribution >= 4 is 29.9 Å². The number of aromatic nitrogens is 2. The number of halogens is 1. The summed E-state index contributed by atoms with van der Waals surface area (Å²) in [4.78, 5) is 6.84. The lowest BCUT2D eigenvalue weighted by Gasteiger charge is -2.24. The summed E-state index contributed by atoms with van der Waals surface area (Å²) in [6.45, 7) is 11.6. The zero-order valence-electron chi connectivity index (χ0n) is 16.4. The van der Waals surface area contributed by atoms with E-state index in [-0.39, 0.29) is 24.0 Å². The Hall–Kier alpha value is -1.57. The highest BCUT2D eigenvalue weighted by atomic mass is 127. The summed E-state index contributed by atoms with van der Waals surface area (Å²) in [5.74, 6) is 0.980. The Morgan fingerprint density at radius 2 is 2.00 bits per heavy atom. The molecule has 1 aromatic heterocycles. The summed E-state index contributed by atoms with van der Waals surface area (Å²) in [6, 6.07) is 10.5. The van der Waals surface area contributed by atoms with E-state index in [1.807, 2.05) is 18.7 Å². The number of nitrogens with one attached hydrogen (secondary N) is 1. The van der Waals surface area contributed by atoms with Gasteiger partial charge in [-0.25, -0.2) is 4.68 Å². The number of para-hydroxylation sites is 1. The molecule has 26 heavy (non-hydrogen) atoms. The van der Waals surface area contributed by atoms with E-state index in [9.17, 15) is 0 Å². The van der Waals surface area contributed by atoms with Crippen LogP contribution < -0.4 is 5.32 Å². The van der Waals surface area contributed by atoms with Crippen molar-refractivity contribution in [2.24, 2.45) is 10.4 Å². The summed E-state index contributed by atoms with van der Waals surface area (Å²) in [5.41, 5.74) is 4.89. The van der Waals surface area contributed by atoms with Crippen LogP contribution in [0.25, 0.3) is 5.69 Å². The van der Waals surface area contributed by atoms with E-state index in [1.165, 1.54) is 12.0 Å². The number of nitrogens with zero attached hydrogens (tertiary/aromatic N) is 4. The number of benzene rings is 1. The molecule has 3 rings (SSSR count). The van der Waals surface area contributed by atoms with Gasteiger partial charge in [-0.2, -0.15) is 5.10 Å². The highest BCUT2D eigenvalue weighted by Gasteiger charge is 2.30. The van der Waals surface area contributed by atoms with Crippen molar-refractivity contribution in [1.82, 2.24) is 20.0 Å². The zero-order chi connectivity index (χ0) is 18.0. The van der Waals surface area contributed by atoms with Crippen LogP contribution in [-0.2, 0) is 6.54 Å². The van der Waals surface area contributed by atoms with Gasteiger partial charge in [-0.1, -0.05) is 32.0 Å². The number of hydrogen-bond donors (Lipinski definition) is 1. The van der Waals surface area contributed by atoms with Crippen molar-refractivity contribution in [3.05, 3.63) is 47.3 Å². The first kappa shape index (κ1) is 20.7. The standard InChI is InChI=1S/C20H29N5.HI/c1-15-12-16(2)25(23-15)18-9-7-6-8-17(18)13-22-19(21-5)24-11-10-20(3,4)14-24;/h6-9,12H,10-11,13-14H2,1-5H3,(H,21,22);1H. The third-order valence-corrected chi connectivity index (χ3v) is 4.86. The maximum Gasteiger partial charge on any atom is 0.193 e. The van der Waals surface area contributed by atoms with Gasteiger partial charge >= 0.3 is 0 Å². The van der Waals surface area contributed by atoms with Gasteiger partial charge in [0.05, 0.1) is 11.4 Å². The first-order valence-electron chi connectivity index (χ1n) is 8.97. The number of hydrogen-bond acceptors (Lipinski definition) is 2. The molecular weight excluding hydrogens is 437 g/mol. The molecule has 1 fully saturated rings. The van der Waals surface area contributed by atoms with Gasteiger partial charge in [-0.05, 0) is 43.4 Å². The van der Waals surface area contributed by atoms with Gasteiger partial charge in [0.2, 0.25) is 0 Å². The van der Waals surface area contributed by atoms with Crippen LogP contribution in [0.5, 0.6) is 0 Å². The summed E-state index contributed by atoms with van der Waals surface area (Å²) < 4.78 is 2.02. The van der Waals surface area contributed by atoms with Crippen molar-refractivity contribution in [2.45, 2.75) is 40.7 Å². The van der Waals surface area contributed by atoms with Gasteiger partial charge in [-0.15, -0.1) is 24.0 Å². The predicted molar refractivity (Wildman–Crippen MR) is 119 cm³/mol. The monoisotopic (exact) mass is 467 g/mol. The Bertz CT molecular complexity index is 778. The van der Waals surface area contributed by atoms with E-state index >= 15 is 0 Å². The van der Waals surface area contributed by atoms with E-state index in [0.29, 0.717) is 5.41 Å². The minimum atomic E-state index is 0. The zero-order valence-corrected chi connectivity index (χ0v) is 18.7. The molecule has 6 heteroatoms. The van der Waals surface area contributed by atoms with Gasteiger partial charge in [0.25, 0.3) is 0 Å². The summed E-state index contributed by atoms with van der Waals surface area (Å²) in [6.07, 6.45) is 1.20. The molecule has 0 atom stereocenters. The highest BCUT2D eigenvalue weighted by molar-refractivity contribution is 14.0. The van der Waals surface area contributed by atoms with Crippen LogP contribution in [0.4, 0.5) is 0 Å². The van der Waals surface area contributed by atoms with Crippen molar-refractivity contribution in [3.8, 4) is 5.69 Å². The second-order valence-corrected chi connectivity index (χ2v) is 7.70. The Morgan fingerprint density at radius 1 is 1.27 bits per heavy atom. The number of aliphatic imine (C=N–C) groups is 1. The molecule has 2 aromatic rings. The number of rotatable bonds is 3. The quantitative estimate of drug-likeness (QED) is 0.423. The molecule has 0 saturated carbocycles. The minimum absolute atomic E-state index is 0. The van der Waals surface area contributed by atoms with Crippen LogP contribution in [0.1, 0.15) is 37.2 Å². The lowest BCUT2D eigenvalue weighted by molar-refractivity contribution is 0.370. The van der Waals surface area contributed by atoms with Gasteiger partial charge in [0, 0.05) is 32.4 Å². The second kappa shape index (κ2) is 8.41. The third-order valence-electron chi connectivity index (χ3n) is 4.86. The van der Waals surface area contributed by atoms with Gasteiger partial charge in [0.1, 0.15) is 0 Å². The van der Waals surface area contributed by atoms with E-state index in [1.54, 1.807) is 0 Å². The summed E-state index contributed by atoms with van der Waals surface area (Å²) in [5, 5.41) is 8.17. The first-order valence-corrected chi connectivity index (χ1v) is 8.97. The Balaban J connectivity index is 0.00000243. The van der Waals surface area contributed by atoms with E-state index in [0.717, 1.165) is 42.7 Å². The Labute approximate surface area is 173 Å². The van der Waals surface area contributed by atoms with E-state index < -0.39 is 0 Å². The molecule has 5 nitrogen and oxygen atoms in total. The normalized spacial score (nSPS) is 16.5. The molecule has 2 heterocycles. The van der Waals surface area contributed by atoms with Gasteiger partial charge in [-0.3, -0.25) is 4.99 Å². The number of guanidine groups is 1. The van der Waals surface area contributed by atoms with Crippen LogP contribution in [0.15, 0.2) is 35.3 Å². The van der Waals surface area contributed by atoms with Crippen LogP contribution in [0, 0.1) is 19.3 Å². The lowest BCUT2D eigenvalue weighted by Crippen LogP contribution is -2.40. The molecule has 142 valence electrons. The molecule has 0 bridgehead atoms. The molecule has 0 aliphatic carbocycles. The van der Waals surface area contributed by atoms with Crippen molar-refractivity contribution < 1.29 is 0 Å². The number of likely N-dealkylation sites (tertiary alicyclic amines) is 1. The van der Waals surface area contributed by atoms with Gasteiger partial charge in [0.15, 0.2) is 5.96 Å². The molecule has 1 aromatic carbocycles. The fraction of sp³-hybridized carbons (Fsp3) is 0.500. The van der Waals surface area contributed by atoms with Crippen molar-refractivity contribution in [2.75, 3.05) is 20.1 Å². The van der Waals surface area contributed by atoms with E-state index in [2.05, 4.69) is 71.4 Å². The van der Waals surface area contributed by atoms with Crippen LogP contribution in [0.2, 0.25) is 0 Å². The van der Waals surface area contributed by atoms with Crippen molar-refractivity contribution in [1.29, 1.82) is 0 Å². The summed E-state index contributed by atoms with van der Waals surface area (Å²) in [7, 11) is 1.86. The lowest BCUT2D eigenvalue weighted by atomic mass is 9.93. The topological polar surface area (TPSA) is 45.5 Å². The first-order chi connectivity index (χ1) is 11.9. The van der Waals surface area contributed by atoms with Gasteiger partial charge < -0.3 is 10.2 Å². The maximum atomic E-state index is 4.63. The fourth-order valence-electron chi connectivity index (χ4n) is 3.54. The number of aryl methyl sites for hydroxylation is 2. The molecule has 0 unspecified atom stereocenters. The van der Waals surface area contributed by atoms with Crippen LogP contribution in [0.3, 0.4) is 0 Å². The largest absolute Gasteiger partial charge is 0.352 e. The molecule has 0 amide bonds. The van der Waals surface area contributed by atoms with Crippen molar-refractivity contribution in [3.63, 3.8) is 0 Å². The smallest absolute Gasteiger partial charge is 0.193 e. The molecule has 1 aliphatic rings. The molecule has 1 aliphatic heterocycles. The fourth-order valence-corrected chi connectivity index (χ4v) is 3.54. The molecule has 0 spiro atoms. The average molecular weight is 467 g/mol. The Kier molecular flexibility index (Phi) is 6.71. The third kappa shape index (κ3) is 4.58. The average Bonchev–Trinajstić information content (AvgIpc) is 3.10. The molecule has 0 radical (unpaired) electrons. The highest BCUT2D eigenvalue weighted by Crippen LogP contribution is 2.28. The van der Waals surface area contributed by atoms with Crippen LogP contribution >= 0.6 is 24.0 Å². The summed E-state index contributed by atoms with van der Waals surface area (Å²) >= 11 is 0. The molecular formula is C20H30IN5. The molecule has 1 N–H and O–H groups in total. The molecule has 1 saturated heterocycles. The Morgan fingerprint density at radius 3 is 2.58 bits per heavy atom. The van der Waals surface area contributed by atoms with E-state index in [4.69, 9.17) is 0 Å². The predicted octanol–water partition coefficient (Wildman–Crippen LogP) is 3.91. The minimum Gasteiger partial charge on any atom is -0.352 e. The maximum absolute atomic E-state index is 4.63. The van der Waals surface area contributed by atoms with Crippen LogP contribution in [-0.4, -0.2) is 40.8 Å². The SMILES string of the molecule is CN=C(NCc1ccccc1-n1nc(C)cc1C)N1CCC(C)(C)C1.I. The second-order valence-electron chi connectivity index (χ2n) is 7.70.